The van der Waals surface area contributed by atoms with Gasteiger partial charge in [0.2, 0.25) is 5.91 Å². The third kappa shape index (κ3) is 3.15. The molecule has 0 saturated carbocycles. The number of carbonyl (C=O) groups is 2. The van der Waals surface area contributed by atoms with Crippen LogP contribution in [0, 0.1) is 0 Å². The molecule has 5 nitrogen and oxygen atoms in total. The van der Waals surface area contributed by atoms with Gasteiger partial charge in [-0.25, -0.2) is 0 Å². The summed E-state index contributed by atoms with van der Waals surface area (Å²) < 4.78 is 5.41. The van der Waals surface area contributed by atoms with E-state index in [1.807, 2.05) is 48.5 Å². The molecular formula is C20H20N2O3. The van der Waals surface area contributed by atoms with E-state index >= 15 is 0 Å². The Morgan fingerprint density at radius 2 is 1.84 bits per heavy atom. The van der Waals surface area contributed by atoms with Crippen molar-refractivity contribution in [1.82, 2.24) is 4.90 Å². The number of rotatable bonds is 3. The molecule has 1 atom stereocenters. The third-order valence-corrected chi connectivity index (χ3v) is 4.83. The molecule has 0 spiro atoms. The summed E-state index contributed by atoms with van der Waals surface area (Å²) in [5, 5.41) is 2.91. The van der Waals surface area contributed by atoms with Crippen molar-refractivity contribution in [2.45, 2.75) is 32.1 Å². The zero-order valence-corrected chi connectivity index (χ0v) is 13.9. The van der Waals surface area contributed by atoms with Crippen molar-refractivity contribution in [3.05, 3.63) is 65.2 Å². The van der Waals surface area contributed by atoms with Crippen LogP contribution in [0.15, 0.2) is 48.5 Å². The van der Waals surface area contributed by atoms with Gasteiger partial charge in [-0.1, -0.05) is 24.3 Å². The van der Waals surface area contributed by atoms with Crippen molar-refractivity contribution < 1.29 is 14.3 Å². The average Bonchev–Trinajstić information content (AvgIpc) is 3.30. The van der Waals surface area contributed by atoms with Crippen molar-refractivity contribution in [2.24, 2.45) is 0 Å². The number of fused-ring (bicyclic) bond motifs is 1. The van der Waals surface area contributed by atoms with Crippen molar-refractivity contribution in [1.29, 1.82) is 0 Å². The lowest BCUT2D eigenvalue weighted by Crippen LogP contribution is -2.43. The lowest BCUT2D eigenvalue weighted by molar-refractivity contribution is -0.119. The molecular weight excluding hydrogens is 316 g/mol. The molecule has 0 unspecified atom stereocenters. The molecule has 0 aromatic heterocycles. The topological polar surface area (TPSA) is 58.6 Å². The average molecular weight is 336 g/mol. The maximum Gasteiger partial charge on any atom is 0.254 e. The van der Waals surface area contributed by atoms with Crippen LogP contribution in [0.3, 0.4) is 0 Å². The van der Waals surface area contributed by atoms with Gasteiger partial charge in [0.25, 0.3) is 5.91 Å². The number of nitrogens with zero attached hydrogens (tertiary/aromatic N) is 1. The predicted octanol–water partition coefficient (Wildman–Crippen LogP) is 2.96. The molecule has 1 fully saturated rings. The first kappa shape index (κ1) is 15.8. The predicted molar refractivity (Wildman–Crippen MR) is 94.1 cm³/mol. The van der Waals surface area contributed by atoms with Crippen LogP contribution in [-0.2, 0) is 22.7 Å². The number of para-hydroxylation sites is 1. The molecule has 0 radical (unpaired) electrons. The summed E-state index contributed by atoms with van der Waals surface area (Å²) in [7, 11) is 0. The van der Waals surface area contributed by atoms with Crippen molar-refractivity contribution in [2.75, 3.05) is 11.9 Å². The van der Waals surface area contributed by atoms with E-state index in [0.29, 0.717) is 31.7 Å². The second kappa shape index (κ2) is 6.69. The number of nitrogens with one attached hydrogen (secondary N) is 1. The standard InChI is InChI=1S/C20H20N2O3/c23-19(21-17-5-2-1-3-6-17)18-7-4-10-22(18)20(24)14-8-9-15-12-25-13-16(15)11-14/h1-3,5-6,8-9,11,18H,4,7,10,12-13H2,(H,21,23)/t18-/m0/s1. The van der Waals surface area contributed by atoms with Crippen LogP contribution in [0.5, 0.6) is 0 Å². The molecule has 0 bridgehead atoms. The van der Waals surface area contributed by atoms with Gasteiger partial charge in [-0.05, 0) is 48.2 Å². The van der Waals surface area contributed by atoms with E-state index < -0.39 is 6.04 Å². The number of likely N-dealkylation sites (tertiary alicyclic amines) is 1. The van der Waals surface area contributed by atoms with E-state index in [-0.39, 0.29) is 11.8 Å². The first-order chi connectivity index (χ1) is 12.2. The maximum absolute atomic E-state index is 12.9. The quantitative estimate of drug-likeness (QED) is 0.937. The maximum atomic E-state index is 12.9. The third-order valence-electron chi connectivity index (χ3n) is 4.83. The molecule has 2 aromatic rings. The Morgan fingerprint density at radius 1 is 1.04 bits per heavy atom. The largest absolute Gasteiger partial charge is 0.372 e. The zero-order valence-electron chi connectivity index (χ0n) is 13.9. The monoisotopic (exact) mass is 336 g/mol. The lowest BCUT2D eigenvalue weighted by Gasteiger charge is -2.24. The molecule has 2 aliphatic rings. The first-order valence-corrected chi connectivity index (χ1v) is 8.59. The molecule has 25 heavy (non-hydrogen) atoms. The highest BCUT2D eigenvalue weighted by Gasteiger charge is 2.34. The van der Waals surface area contributed by atoms with Gasteiger partial charge in [0.05, 0.1) is 13.2 Å². The smallest absolute Gasteiger partial charge is 0.254 e. The summed E-state index contributed by atoms with van der Waals surface area (Å²) in [6.07, 6.45) is 1.53. The fourth-order valence-corrected chi connectivity index (χ4v) is 3.50. The number of carbonyl (C=O) groups excluding carboxylic acids is 2. The van der Waals surface area contributed by atoms with Gasteiger partial charge in [0.1, 0.15) is 6.04 Å². The van der Waals surface area contributed by atoms with Crippen LogP contribution in [-0.4, -0.2) is 29.3 Å². The van der Waals surface area contributed by atoms with Crippen LogP contribution in [0.1, 0.15) is 34.3 Å². The van der Waals surface area contributed by atoms with Crippen LogP contribution >= 0.6 is 0 Å². The fraction of sp³-hybridized carbons (Fsp3) is 0.300. The van der Waals surface area contributed by atoms with Crippen LogP contribution < -0.4 is 5.32 Å². The number of anilines is 1. The molecule has 2 aliphatic heterocycles. The Kier molecular flexibility index (Phi) is 4.24. The number of benzene rings is 2. The Hall–Kier alpha value is -2.66. The molecule has 1 saturated heterocycles. The van der Waals surface area contributed by atoms with Gasteiger partial charge in [-0.2, -0.15) is 0 Å². The number of ether oxygens (including phenoxy) is 1. The Balaban J connectivity index is 1.51. The minimum atomic E-state index is -0.419. The molecule has 0 aliphatic carbocycles. The molecule has 4 rings (SSSR count). The highest BCUT2D eigenvalue weighted by molar-refractivity contribution is 6.01. The summed E-state index contributed by atoms with van der Waals surface area (Å²) in [4.78, 5) is 27.2. The van der Waals surface area contributed by atoms with E-state index in [2.05, 4.69) is 5.32 Å². The second-order valence-electron chi connectivity index (χ2n) is 6.49. The van der Waals surface area contributed by atoms with E-state index in [9.17, 15) is 9.59 Å². The van der Waals surface area contributed by atoms with Gasteiger partial charge in [-0.3, -0.25) is 9.59 Å². The van der Waals surface area contributed by atoms with E-state index in [1.165, 1.54) is 0 Å². The summed E-state index contributed by atoms with van der Waals surface area (Å²) in [6, 6.07) is 14.6. The van der Waals surface area contributed by atoms with E-state index in [1.54, 1.807) is 4.90 Å². The summed E-state index contributed by atoms with van der Waals surface area (Å²) in [5.41, 5.74) is 3.58. The normalized spacial score (nSPS) is 18.9. The summed E-state index contributed by atoms with van der Waals surface area (Å²) >= 11 is 0. The van der Waals surface area contributed by atoms with Gasteiger partial charge in [0.15, 0.2) is 0 Å². The Bertz CT molecular complexity index is 804. The molecule has 5 heteroatoms. The van der Waals surface area contributed by atoms with Crippen LogP contribution in [0.25, 0.3) is 0 Å². The molecule has 2 amide bonds. The first-order valence-electron chi connectivity index (χ1n) is 8.59. The minimum absolute atomic E-state index is 0.0830. The van der Waals surface area contributed by atoms with Crippen LogP contribution in [0.4, 0.5) is 5.69 Å². The highest BCUT2D eigenvalue weighted by atomic mass is 16.5. The highest BCUT2D eigenvalue weighted by Crippen LogP contribution is 2.25. The lowest BCUT2D eigenvalue weighted by atomic mass is 10.1. The van der Waals surface area contributed by atoms with Crippen molar-refractivity contribution in [3.8, 4) is 0 Å². The Labute approximate surface area is 146 Å². The number of hydrogen-bond acceptors (Lipinski definition) is 3. The fourth-order valence-electron chi connectivity index (χ4n) is 3.50. The molecule has 1 N–H and O–H groups in total. The van der Waals surface area contributed by atoms with Gasteiger partial charge in [0, 0.05) is 17.8 Å². The SMILES string of the molecule is O=C(Nc1ccccc1)[C@@H]1CCCN1C(=O)c1ccc2c(c1)COC2. The van der Waals surface area contributed by atoms with Crippen LogP contribution in [0.2, 0.25) is 0 Å². The molecule has 128 valence electrons. The van der Waals surface area contributed by atoms with E-state index in [4.69, 9.17) is 4.74 Å². The number of amides is 2. The van der Waals surface area contributed by atoms with Gasteiger partial charge in [-0.15, -0.1) is 0 Å². The van der Waals surface area contributed by atoms with Crippen molar-refractivity contribution >= 4 is 17.5 Å². The van der Waals surface area contributed by atoms with Gasteiger partial charge >= 0.3 is 0 Å². The Morgan fingerprint density at radius 3 is 2.68 bits per heavy atom. The van der Waals surface area contributed by atoms with Gasteiger partial charge < -0.3 is 15.0 Å². The zero-order chi connectivity index (χ0) is 17.2. The summed E-state index contributed by atoms with van der Waals surface area (Å²) in [6.45, 7) is 1.77. The number of hydrogen-bond donors (Lipinski definition) is 1. The molecule has 2 heterocycles. The minimum Gasteiger partial charge on any atom is -0.372 e. The molecule has 2 aromatic carbocycles. The second-order valence-corrected chi connectivity index (χ2v) is 6.49. The van der Waals surface area contributed by atoms with Crippen molar-refractivity contribution in [3.63, 3.8) is 0 Å². The van der Waals surface area contributed by atoms with E-state index in [0.717, 1.165) is 23.2 Å². The summed E-state index contributed by atoms with van der Waals surface area (Å²) in [5.74, 6) is -0.207.